The van der Waals surface area contributed by atoms with Crippen LogP contribution in [0.1, 0.15) is 149 Å². The standard InChI is InChI=1S/C34H66O9/c1-3-5-7-9-10-11-12-13-14-15-16-17-18-20-22-24-40-26-28(42-30(36)23-21-19-8-6-4-2)27-41-34-33(39)32(38)31(37)29(25-35)43-34/h28-29,31-35,37-39H,3-27H2,1-2H3. The minimum Gasteiger partial charge on any atom is -0.457 e. The quantitative estimate of drug-likeness (QED) is 0.0591. The van der Waals surface area contributed by atoms with Crippen molar-refractivity contribution in [2.45, 2.75) is 185 Å². The summed E-state index contributed by atoms with van der Waals surface area (Å²) in [5.41, 5.74) is 0. The lowest BCUT2D eigenvalue weighted by atomic mass is 9.99. The molecule has 1 aliphatic rings. The summed E-state index contributed by atoms with van der Waals surface area (Å²) in [5, 5.41) is 39.7. The second kappa shape index (κ2) is 27.5. The maximum absolute atomic E-state index is 12.5. The summed E-state index contributed by atoms with van der Waals surface area (Å²) in [6, 6.07) is 0. The molecule has 0 bridgehead atoms. The molecule has 0 amide bonds. The second-order valence-corrected chi connectivity index (χ2v) is 12.3. The van der Waals surface area contributed by atoms with E-state index in [1.54, 1.807) is 0 Å². The van der Waals surface area contributed by atoms with E-state index in [0.717, 1.165) is 44.9 Å². The highest BCUT2D eigenvalue weighted by atomic mass is 16.7. The van der Waals surface area contributed by atoms with E-state index in [4.69, 9.17) is 18.9 Å². The molecular weight excluding hydrogens is 552 g/mol. The first-order chi connectivity index (χ1) is 20.9. The Morgan fingerprint density at radius 1 is 0.651 bits per heavy atom. The summed E-state index contributed by atoms with van der Waals surface area (Å²) in [6.07, 6.45) is 17.4. The summed E-state index contributed by atoms with van der Waals surface area (Å²) in [7, 11) is 0. The molecule has 6 unspecified atom stereocenters. The lowest BCUT2D eigenvalue weighted by Crippen LogP contribution is -2.59. The van der Waals surface area contributed by atoms with Gasteiger partial charge in [-0.2, -0.15) is 0 Å². The van der Waals surface area contributed by atoms with Crippen molar-refractivity contribution in [1.82, 2.24) is 0 Å². The maximum Gasteiger partial charge on any atom is 0.306 e. The van der Waals surface area contributed by atoms with Crippen molar-refractivity contribution in [3.63, 3.8) is 0 Å². The number of esters is 1. The van der Waals surface area contributed by atoms with Crippen LogP contribution >= 0.6 is 0 Å². The Labute approximate surface area is 262 Å². The van der Waals surface area contributed by atoms with Gasteiger partial charge in [0.15, 0.2) is 6.29 Å². The number of aliphatic hydroxyl groups is 4. The molecule has 1 rings (SSSR count). The van der Waals surface area contributed by atoms with Gasteiger partial charge in [0.2, 0.25) is 0 Å². The fourth-order valence-corrected chi connectivity index (χ4v) is 5.43. The van der Waals surface area contributed by atoms with Gasteiger partial charge in [-0.05, 0) is 12.8 Å². The number of rotatable bonds is 29. The molecule has 1 aliphatic heterocycles. The smallest absolute Gasteiger partial charge is 0.306 e. The maximum atomic E-state index is 12.5. The van der Waals surface area contributed by atoms with Crippen LogP contribution in [0.15, 0.2) is 0 Å². The monoisotopic (exact) mass is 618 g/mol. The van der Waals surface area contributed by atoms with Gasteiger partial charge in [-0.15, -0.1) is 0 Å². The van der Waals surface area contributed by atoms with E-state index in [1.165, 1.54) is 83.5 Å². The minimum atomic E-state index is -1.53. The predicted octanol–water partition coefficient (Wildman–Crippen LogP) is 5.96. The summed E-state index contributed by atoms with van der Waals surface area (Å²) in [6.45, 7) is 4.47. The van der Waals surface area contributed by atoms with E-state index in [2.05, 4.69) is 13.8 Å². The third-order valence-corrected chi connectivity index (χ3v) is 8.27. The van der Waals surface area contributed by atoms with Gasteiger partial charge in [0, 0.05) is 13.0 Å². The number of carbonyl (C=O) groups excluding carboxylic acids is 1. The highest BCUT2D eigenvalue weighted by molar-refractivity contribution is 5.69. The Morgan fingerprint density at radius 3 is 1.65 bits per heavy atom. The highest BCUT2D eigenvalue weighted by Crippen LogP contribution is 2.22. The van der Waals surface area contributed by atoms with Gasteiger partial charge < -0.3 is 39.4 Å². The van der Waals surface area contributed by atoms with E-state index in [9.17, 15) is 25.2 Å². The summed E-state index contributed by atoms with van der Waals surface area (Å²) >= 11 is 0. The van der Waals surface area contributed by atoms with E-state index in [1.807, 2.05) is 0 Å². The number of hydrogen-bond donors (Lipinski definition) is 4. The van der Waals surface area contributed by atoms with Gasteiger partial charge in [0.25, 0.3) is 0 Å². The third kappa shape index (κ3) is 20.0. The molecule has 0 aliphatic carbocycles. The molecule has 0 radical (unpaired) electrons. The van der Waals surface area contributed by atoms with Crippen molar-refractivity contribution in [2.24, 2.45) is 0 Å². The van der Waals surface area contributed by atoms with Crippen molar-refractivity contribution < 1.29 is 44.2 Å². The summed E-state index contributed by atoms with van der Waals surface area (Å²) in [5.74, 6) is -0.325. The lowest BCUT2D eigenvalue weighted by molar-refractivity contribution is -0.305. The SMILES string of the molecule is CCCCCCCCCCCCCCCCCOCC(COC1OC(CO)C(O)C(O)C1O)OC(=O)CCCCCCC. The van der Waals surface area contributed by atoms with E-state index in [-0.39, 0.29) is 19.2 Å². The predicted molar refractivity (Wildman–Crippen MR) is 169 cm³/mol. The summed E-state index contributed by atoms with van der Waals surface area (Å²) < 4.78 is 22.5. The van der Waals surface area contributed by atoms with Gasteiger partial charge >= 0.3 is 5.97 Å². The largest absolute Gasteiger partial charge is 0.457 e. The Kier molecular flexibility index (Phi) is 25.7. The molecule has 1 saturated heterocycles. The Bertz CT molecular complexity index is 633. The van der Waals surface area contributed by atoms with Gasteiger partial charge in [-0.3, -0.25) is 4.79 Å². The van der Waals surface area contributed by atoms with Crippen molar-refractivity contribution >= 4 is 5.97 Å². The van der Waals surface area contributed by atoms with Crippen LogP contribution in [0.25, 0.3) is 0 Å². The molecule has 43 heavy (non-hydrogen) atoms. The van der Waals surface area contributed by atoms with Gasteiger partial charge in [-0.25, -0.2) is 0 Å². The topological polar surface area (TPSA) is 135 Å². The molecule has 6 atom stereocenters. The van der Waals surface area contributed by atoms with Gasteiger partial charge in [0.05, 0.1) is 19.8 Å². The normalized spacial score (nSPS) is 23.0. The highest BCUT2D eigenvalue weighted by Gasteiger charge is 2.44. The van der Waals surface area contributed by atoms with Crippen molar-refractivity contribution in [3.8, 4) is 0 Å². The number of carbonyl (C=O) groups is 1. The van der Waals surface area contributed by atoms with Crippen LogP contribution in [0.2, 0.25) is 0 Å². The van der Waals surface area contributed by atoms with Crippen molar-refractivity contribution in [2.75, 3.05) is 26.4 Å². The first-order valence-corrected chi connectivity index (χ1v) is 17.6. The Morgan fingerprint density at radius 2 is 1.14 bits per heavy atom. The molecule has 1 heterocycles. The van der Waals surface area contributed by atoms with Crippen molar-refractivity contribution in [3.05, 3.63) is 0 Å². The molecule has 0 aromatic heterocycles. The molecule has 9 nitrogen and oxygen atoms in total. The molecule has 0 aromatic rings. The van der Waals surface area contributed by atoms with Crippen LogP contribution in [0.3, 0.4) is 0 Å². The number of aliphatic hydroxyl groups excluding tert-OH is 4. The average molecular weight is 619 g/mol. The third-order valence-electron chi connectivity index (χ3n) is 8.27. The molecular formula is C34H66O9. The Balaban J connectivity index is 2.26. The molecule has 0 aromatic carbocycles. The van der Waals surface area contributed by atoms with E-state index >= 15 is 0 Å². The molecule has 1 fully saturated rings. The first-order valence-electron chi connectivity index (χ1n) is 17.6. The molecule has 256 valence electrons. The van der Waals surface area contributed by atoms with Crippen LogP contribution in [0.4, 0.5) is 0 Å². The molecule has 9 heteroatoms. The van der Waals surface area contributed by atoms with Gasteiger partial charge in [0.1, 0.15) is 30.5 Å². The number of ether oxygens (including phenoxy) is 4. The van der Waals surface area contributed by atoms with Crippen LogP contribution < -0.4 is 0 Å². The average Bonchev–Trinajstić information content (AvgIpc) is 3.00. The Hall–Kier alpha value is -0.810. The van der Waals surface area contributed by atoms with Crippen LogP contribution in [-0.2, 0) is 23.7 Å². The summed E-state index contributed by atoms with van der Waals surface area (Å²) in [4.78, 5) is 12.5. The van der Waals surface area contributed by atoms with Crippen molar-refractivity contribution in [1.29, 1.82) is 0 Å². The number of hydrogen-bond acceptors (Lipinski definition) is 9. The molecule has 0 saturated carbocycles. The minimum absolute atomic E-state index is 0.108. The van der Waals surface area contributed by atoms with E-state index < -0.39 is 43.4 Å². The second-order valence-electron chi connectivity index (χ2n) is 12.3. The van der Waals surface area contributed by atoms with Gasteiger partial charge in [-0.1, -0.05) is 129 Å². The first kappa shape index (κ1) is 40.2. The number of unbranched alkanes of at least 4 members (excludes halogenated alkanes) is 18. The molecule has 4 N–H and O–H groups in total. The van der Waals surface area contributed by atoms with E-state index in [0.29, 0.717) is 13.0 Å². The molecule has 0 spiro atoms. The lowest BCUT2D eigenvalue weighted by Gasteiger charge is -2.39. The fraction of sp³-hybridized carbons (Fsp3) is 0.971. The zero-order valence-electron chi connectivity index (χ0n) is 27.5. The van der Waals surface area contributed by atoms with Crippen LogP contribution in [-0.4, -0.2) is 89.6 Å². The van der Waals surface area contributed by atoms with Crippen LogP contribution in [0.5, 0.6) is 0 Å². The fourth-order valence-electron chi connectivity index (χ4n) is 5.43. The zero-order valence-corrected chi connectivity index (χ0v) is 27.5. The zero-order chi connectivity index (χ0) is 31.5. The van der Waals surface area contributed by atoms with Crippen LogP contribution in [0, 0.1) is 0 Å².